The van der Waals surface area contributed by atoms with E-state index in [-0.39, 0.29) is 5.91 Å². The summed E-state index contributed by atoms with van der Waals surface area (Å²) in [7, 11) is 0. The number of nitrogens with one attached hydrogen (secondary N) is 1. The van der Waals surface area contributed by atoms with Crippen LogP contribution < -0.4 is 5.32 Å². The van der Waals surface area contributed by atoms with Gasteiger partial charge in [0.05, 0.1) is 27.6 Å². The van der Waals surface area contributed by atoms with Crippen molar-refractivity contribution in [3.8, 4) is 0 Å². The van der Waals surface area contributed by atoms with Crippen LogP contribution in [0.4, 0.5) is 5.69 Å². The fourth-order valence-corrected chi connectivity index (χ4v) is 2.89. The number of carboxylic acids is 1. The Kier molecular flexibility index (Phi) is 4.32. The fraction of sp³-hybridized carbons (Fsp3) is 0.385. The lowest BCUT2D eigenvalue weighted by molar-refractivity contribution is -0.145. The third-order valence-electron chi connectivity index (χ3n) is 3.38. The van der Waals surface area contributed by atoms with Gasteiger partial charge in [-0.1, -0.05) is 35.7 Å². The van der Waals surface area contributed by atoms with Gasteiger partial charge in [-0.3, -0.25) is 9.59 Å². The molecule has 0 heterocycles. The first-order chi connectivity index (χ1) is 9.00. The van der Waals surface area contributed by atoms with Crippen molar-refractivity contribution in [3.05, 3.63) is 28.2 Å². The van der Waals surface area contributed by atoms with Gasteiger partial charge in [-0.15, -0.1) is 0 Å². The number of anilines is 1. The van der Waals surface area contributed by atoms with E-state index in [0.29, 0.717) is 28.6 Å². The first kappa shape index (κ1) is 14.2. The molecule has 1 fully saturated rings. The Morgan fingerprint density at radius 3 is 2.32 bits per heavy atom. The SMILES string of the molecule is O=C(O)C1CCCC1C(=O)Nc1c(Cl)cccc1Cl. The molecule has 1 aliphatic rings. The molecule has 0 radical (unpaired) electrons. The molecule has 2 unspecified atom stereocenters. The average Bonchev–Trinajstić information content (AvgIpc) is 2.83. The Morgan fingerprint density at radius 1 is 1.16 bits per heavy atom. The van der Waals surface area contributed by atoms with Gasteiger partial charge in [-0.2, -0.15) is 0 Å². The Balaban J connectivity index is 2.15. The van der Waals surface area contributed by atoms with E-state index >= 15 is 0 Å². The van der Waals surface area contributed by atoms with Crippen LogP contribution in [0, 0.1) is 11.8 Å². The van der Waals surface area contributed by atoms with Crippen LogP contribution in [-0.4, -0.2) is 17.0 Å². The van der Waals surface area contributed by atoms with E-state index < -0.39 is 17.8 Å². The van der Waals surface area contributed by atoms with Gasteiger partial charge in [0.2, 0.25) is 5.91 Å². The normalized spacial score (nSPS) is 22.2. The number of carbonyl (C=O) groups excluding carboxylic acids is 1. The van der Waals surface area contributed by atoms with Crippen LogP contribution in [0.5, 0.6) is 0 Å². The van der Waals surface area contributed by atoms with Crippen molar-refractivity contribution in [2.75, 3.05) is 5.32 Å². The largest absolute Gasteiger partial charge is 0.481 e. The predicted molar refractivity (Wildman–Crippen MR) is 73.6 cm³/mol. The third kappa shape index (κ3) is 3.01. The highest BCUT2D eigenvalue weighted by atomic mass is 35.5. The first-order valence-electron chi connectivity index (χ1n) is 5.98. The molecule has 0 spiro atoms. The molecule has 0 aliphatic heterocycles. The molecule has 2 rings (SSSR count). The van der Waals surface area contributed by atoms with Gasteiger partial charge in [0.1, 0.15) is 0 Å². The molecule has 6 heteroatoms. The van der Waals surface area contributed by atoms with Crippen LogP contribution in [0.3, 0.4) is 0 Å². The number of carboxylic acid groups (broad SMARTS) is 1. The van der Waals surface area contributed by atoms with Crippen LogP contribution in [0.25, 0.3) is 0 Å². The number of carbonyl (C=O) groups is 2. The maximum absolute atomic E-state index is 12.1. The van der Waals surface area contributed by atoms with Gasteiger partial charge in [-0.25, -0.2) is 0 Å². The van der Waals surface area contributed by atoms with Gasteiger partial charge in [-0.05, 0) is 25.0 Å². The Bertz CT molecular complexity index is 498. The number of rotatable bonds is 3. The molecule has 1 aromatic rings. The molecule has 19 heavy (non-hydrogen) atoms. The zero-order valence-electron chi connectivity index (χ0n) is 10.0. The van der Waals surface area contributed by atoms with Crippen molar-refractivity contribution in [2.24, 2.45) is 11.8 Å². The minimum absolute atomic E-state index is 0.333. The van der Waals surface area contributed by atoms with Crippen LogP contribution in [0.15, 0.2) is 18.2 Å². The van der Waals surface area contributed by atoms with E-state index in [1.165, 1.54) is 0 Å². The van der Waals surface area contributed by atoms with Gasteiger partial charge >= 0.3 is 5.97 Å². The molecule has 102 valence electrons. The summed E-state index contributed by atoms with van der Waals surface area (Å²) in [6.07, 6.45) is 1.85. The molecule has 0 bridgehead atoms. The number of para-hydroxylation sites is 1. The number of halogens is 2. The van der Waals surface area contributed by atoms with E-state index in [2.05, 4.69) is 5.32 Å². The molecular weight excluding hydrogens is 289 g/mol. The van der Waals surface area contributed by atoms with Crippen molar-refractivity contribution < 1.29 is 14.7 Å². The Labute approximate surface area is 120 Å². The first-order valence-corrected chi connectivity index (χ1v) is 6.74. The molecular formula is C13H13Cl2NO3. The molecule has 0 saturated heterocycles. The van der Waals surface area contributed by atoms with Crippen LogP contribution in [-0.2, 0) is 9.59 Å². The van der Waals surface area contributed by atoms with E-state index in [9.17, 15) is 9.59 Å². The van der Waals surface area contributed by atoms with Gasteiger partial charge in [0.15, 0.2) is 0 Å². The van der Waals surface area contributed by atoms with Crippen molar-refractivity contribution in [3.63, 3.8) is 0 Å². The summed E-state index contributed by atoms with van der Waals surface area (Å²) in [5.41, 5.74) is 0.340. The summed E-state index contributed by atoms with van der Waals surface area (Å²) in [6, 6.07) is 4.91. The molecule has 1 saturated carbocycles. The van der Waals surface area contributed by atoms with Crippen LogP contribution in [0.2, 0.25) is 10.0 Å². The second-order valence-corrected chi connectivity index (χ2v) is 5.38. The number of hydrogen-bond donors (Lipinski definition) is 2. The average molecular weight is 302 g/mol. The summed E-state index contributed by atoms with van der Waals surface area (Å²) in [6.45, 7) is 0. The van der Waals surface area contributed by atoms with Gasteiger partial charge in [0, 0.05) is 0 Å². The van der Waals surface area contributed by atoms with Crippen LogP contribution in [0.1, 0.15) is 19.3 Å². The summed E-state index contributed by atoms with van der Waals surface area (Å²) in [4.78, 5) is 23.2. The van der Waals surface area contributed by atoms with E-state index in [4.69, 9.17) is 28.3 Å². The summed E-state index contributed by atoms with van der Waals surface area (Å²) in [5.74, 6) is -2.41. The monoisotopic (exact) mass is 301 g/mol. The highest BCUT2D eigenvalue weighted by Gasteiger charge is 2.38. The maximum Gasteiger partial charge on any atom is 0.307 e. The van der Waals surface area contributed by atoms with Crippen molar-refractivity contribution in [2.45, 2.75) is 19.3 Å². The molecule has 1 aliphatic carbocycles. The van der Waals surface area contributed by atoms with E-state index in [1.54, 1.807) is 18.2 Å². The Hall–Kier alpha value is -1.26. The fourth-order valence-electron chi connectivity index (χ4n) is 2.40. The zero-order valence-corrected chi connectivity index (χ0v) is 11.5. The number of hydrogen-bond acceptors (Lipinski definition) is 2. The van der Waals surface area contributed by atoms with Crippen LogP contribution >= 0.6 is 23.2 Å². The maximum atomic E-state index is 12.1. The third-order valence-corrected chi connectivity index (χ3v) is 4.01. The smallest absolute Gasteiger partial charge is 0.307 e. The van der Waals surface area contributed by atoms with Crippen molar-refractivity contribution >= 4 is 40.8 Å². The van der Waals surface area contributed by atoms with Crippen molar-refractivity contribution in [1.82, 2.24) is 0 Å². The summed E-state index contributed by atoms with van der Waals surface area (Å²) in [5, 5.41) is 12.4. The lowest BCUT2D eigenvalue weighted by Gasteiger charge is -2.16. The molecule has 2 atom stereocenters. The molecule has 4 nitrogen and oxygen atoms in total. The van der Waals surface area contributed by atoms with Gasteiger partial charge in [0.25, 0.3) is 0 Å². The Morgan fingerprint density at radius 2 is 1.74 bits per heavy atom. The standard InChI is InChI=1S/C13H13Cl2NO3/c14-9-5-2-6-10(15)11(9)16-12(17)7-3-1-4-8(7)13(18)19/h2,5-8H,1,3-4H2,(H,16,17)(H,18,19). The number of benzene rings is 1. The number of amides is 1. The van der Waals surface area contributed by atoms with E-state index in [0.717, 1.165) is 6.42 Å². The molecule has 1 amide bonds. The van der Waals surface area contributed by atoms with Crippen molar-refractivity contribution in [1.29, 1.82) is 0 Å². The topological polar surface area (TPSA) is 66.4 Å². The quantitative estimate of drug-likeness (QED) is 0.899. The molecule has 0 aromatic heterocycles. The predicted octanol–water partition coefficient (Wildman–Crippen LogP) is 3.43. The highest BCUT2D eigenvalue weighted by molar-refractivity contribution is 6.39. The second-order valence-electron chi connectivity index (χ2n) is 4.57. The minimum Gasteiger partial charge on any atom is -0.481 e. The molecule has 1 aromatic carbocycles. The lowest BCUT2D eigenvalue weighted by atomic mass is 9.95. The molecule has 2 N–H and O–H groups in total. The van der Waals surface area contributed by atoms with Gasteiger partial charge < -0.3 is 10.4 Å². The lowest BCUT2D eigenvalue weighted by Crippen LogP contribution is -2.30. The highest BCUT2D eigenvalue weighted by Crippen LogP contribution is 2.35. The zero-order chi connectivity index (χ0) is 14.0. The summed E-state index contributed by atoms with van der Waals surface area (Å²) < 4.78 is 0. The van der Waals surface area contributed by atoms with E-state index in [1.807, 2.05) is 0 Å². The second kappa shape index (κ2) is 5.80. The summed E-state index contributed by atoms with van der Waals surface area (Å²) >= 11 is 11.9. The number of aliphatic carboxylic acids is 1. The minimum atomic E-state index is -0.928.